The molecule has 0 fully saturated rings. The molecule has 0 spiro atoms. The molecule has 94 valence electrons. The second-order valence-electron chi connectivity index (χ2n) is 4.25. The van der Waals surface area contributed by atoms with Crippen molar-refractivity contribution < 1.29 is 9.53 Å². The van der Waals surface area contributed by atoms with E-state index in [4.69, 9.17) is 4.74 Å². The van der Waals surface area contributed by atoms with Crippen molar-refractivity contribution >= 4 is 5.91 Å². The minimum atomic E-state index is -0.00713. The van der Waals surface area contributed by atoms with Gasteiger partial charge in [0, 0.05) is 12.1 Å². The number of ether oxygens (including phenoxy) is 1. The number of nitrogens with one attached hydrogen (secondary N) is 1. The smallest absolute Gasteiger partial charge is 0.251 e. The second-order valence-corrected chi connectivity index (χ2v) is 4.25. The van der Waals surface area contributed by atoms with E-state index in [2.05, 4.69) is 12.2 Å². The Bertz CT molecular complexity index is 376. The van der Waals surface area contributed by atoms with Gasteiger partial charge >= 0.3 is 0 Å². The summed E-state index contributed by atoms with van der Waals surface area (Å²) >= 11 is 0. The highest BCUT2D eigenvalue weighted by molar-refractivity contribution is 5.94. The number of carbonyl (C=O) groups is 1. The zero-order chi connectivity index (χ0) is 12.8. The van der Waals surface area contributed by atoms with Gasteiger partial charge in [0.2, 0.25) is 0 Å². The van der Waals surface area contributed by atoms with Crippen LogP contribution in [0.3, 0.4) is 0 Å². The van der Waals surface area contributed by atoms with Gasteiger partial charge in [0.1, 0.15) is 5.75 Å². The Labute approximate surface area is 103 Å². The van der Waals surface area contributed by atoms with Gasteiger partial charge in [-0.3, -0.25) is 4.79 Å². The molecule has 0 aliphatic carbocycles. The number of aryl methyl sites for hydroxylation is 2. The average Bonchev–Trinajstić information content (AvgIpc) is 2.28. The van der Waals surface area contributed by atoms with Gasteiger partial charge in [0.25, 0.3) is 5.91 Å². The molecule has 0 aliphatic rings. The molecule has 0 bridgehead atoms. The first kappa shape index (κ1) is 13.6. The third-order valence-electron chi connectivity index (χ3n) is 2.74. The van der Waals surface area contributed by atoms with E-state index in [0.29, 0.717) is 5.56 Å². The minimum Gasteiger partial charge on any atom is -0.496 e. The predicted molar refractivity (Wildman–Crippen MR) is 69.7 cm³/mol. The van der Waals surface area contributed by atoms with E-state index in [-0.39, 0.29) is 5.91 Å². The van der Waals surface area contributed by atoms with E-state index in [1.165, 1.54) is 0 Å². The van der Waals surface area contributed by atoms with E-state index in [1.807, 2.05) is 26.0 Å². The average molecular weight is 235 g/mol. The maximum atomic E-state index is 11.9. The van der Waals surface area contributed by atoms with Gasteiger partial charge in [-0.05, 0) is 43.5 Å². The summed E-state index contributed by atoms with van der Waals surface area (Å²) in [7, 11) is 1.65. The van der Waals surface area contributed by atoms with E-state index in [0.717, 1.165) is 36.3 Å². The Hall–Kier alpha value is -1.51. The number of rotatable bonds is 5. The van der Waals surface area contributed by atoms with Crippen LogP contribution in [-0.4, -0.2) is 19.6 Å². The van der Waals surface area contributed by atoms with Gasteiger partial charge < -0.3 is 10.1 Å². The summed E-state index contributed by atoms with van der Waals surface area (Å²) in [6, 6.07) is 3.74. The molecule has 0 aromatic heterocycles. The first-order valence-corrected chi connectivity index (χ1v) is 6.03. The van der Waals surface area contributed by atoms with Gasteiger partial charge in [-0.25, -0.2) is 0 Å². The van der Waals surface area contributed by atoms with E-state index in [9.17, 15) is 4.79 Å². The van der Waals surface area contributed by atoms with Crippen LogP contribution < -0.4 is 10.1 Å². The fourth-order valence-corrected chi connectivity index (χ4v) is 1.88. The van der Waals surface area contributed by atoms with Crippen molar-refractivity contribution in [2.45, 2.75) is 33.6 Å². The highest BCUT2D eigenvalue weighted by Crippen LogP contribution is 2.24. The summed E-state index contributed by atoms with van der Waals surface area (Å²) in [4.78, 5) is 11.9. The minimum absolute atomic E-state index is 0.00713. The Morgan fingerprint density at radius 2 is 1.88 bits per heavy atom. The first-order valence-electron chi connectivity index (χ1n) is 6.03. The van der Waals surface area contributed by atoms with Crippen LogP contribution in [0.25, 0.3) is 0 Å². The van der Waals surface area contributed by atoms with Crippen LogP contribution in [-0.2, 0) is 0 Å². The first-order chi connectivity index (χ1) is 8.10. The van der Waals surface area contributed by atoms with Gasteiger partial charge in [0.15, 0.2) is 0 Å². The van der Waals surface area contributed by atoms with Crippen molar-refractivity contribution in [3.05, 3.63) is 28.8 Å². The van der Waals surface area contributed by atoms with Gasteiger partial charge in [-0.15, -0.1) is 0 Å². The van der Waals surface area contributed by atoms with Crippen LogP contribution in [0.5, 0.6) is 5.75 Å². The van der Waals surface area contributed by atoms with Crippen molar-refractivity contribution in [1.29, 1.82) is 0 Å². The van der Waals surface area contributed by atoms with Crippen LogP contribution in [0.1, 0.15) is 41.3 Å². The lowest BCUT2D eigenvalue weighted by atomic mass is 10.1. The van der Waals surface area contributed by atoms with Crippen LogP contribution in [0, 0.1) is 13.8 Å². The lowest BCUT2D eigenvalue weighted by molar-refractivity contribution is 0.0953. The maximum absolute atomic E-state index is 11.9. The van der Waals surface area contributed by atoms with E-state index >= 15 is 0 Å². The quantitative estimate of drug-likeness (QED) is 0.797. The number of hydrogen-bond donors (Lipinski definition) is 1. The third-order valence-corrected chi connectivity index (χ3v) is 2.74. The fraction of sp³-hybridized carbons (Fsp3) is 0.500. The number of amides is 1. The fourth-order valence-electron chi connectivity index (χ4n) is 1.88. The van der Waals surface area contributed by atoms with Gasteiger partial charge in [-0.1, -0.05) is 13.3 Å². The highest BCUT2D eigenvalue weighted by Gasteiger charge is 2.10. The van der Waals surface area contributed by atoms with Crippen molar-refractivity contribution in [2.24, 2.45) is 0 Å². The standard InChI is InChI=1S/C14H21NO2/c1-5-6-7-15-14(16)12-8-10(2)13(17-4)11(3)9-12/h8-9H,5-7H2,1-4H3,(H,15,16). The second kappa shape index (κ2) is 6.28. The molecule has 1 rings (SSSR count). The Morgan fingerprint density at radius 1 is 1.29 bits per heavy atom. The zero-order valence-electron chi connectivity index (χ0n) is 11.1. The Kier molecular flexibility index (Phi) is 5.01. The monoisotopic (exact) mass is 235 g/mol. The van der Waals surface area contributed by atoms with Gasteiger partial charge in [0.05, 0.1) is 7.11 Å². The summed E-state index contributed by atoms with van der Waals surface area (Å²) in [5, 5.41) is 2.91. The molecule has 3 nitrogen and oxygen atoms in total. The lowest BCUT2D eigenvalue weighted by Gasteiger charge is -2.11. The predicted octanol–water partition coefficient (Wildman–Crippen LogP) is 2.84. The topological polar surface area (TPSA) is 38.3 Å². The molecule has 1 amide bonds. The van der Waals surface area contributed by atoms with Crippen molar-refractivity contribution in [3.8, 4) is 5.75 Å². The summed E-state index contributed by atoms with van der Waals surface area (Å²) in [5.74, 6) is 0.849. The third kappa shape index (κ3) is 3.48. The Balaban J connectivity index is 2.81. The Morgan fingerprint density at radius 3 is 2.35 bits per heavy atom. The summed E-state index contributed by atoms with van der Waals surface area (Å²) in [6.45, 7) is 6.75. The van der Waals surface area contributed by atoms with E-state index in [1.54, 1.807) is 7.11 Å². The number of hydrogen-bond acceptors (Lipinski definition) is 2. The summed E-state index contributed by atoms with van der Waals surface area (Å²) in [5.41, 5.74) is 2.69. The number of methoxy groups -OCH3 is 1. The molecule has 0 aliphatic heterocycles. The number of benzene rings is 1. The molecule has 0 atom stereocenters. The molecule has 0 heterocycles. The van der Waals surface area contributed by atoms with Crippen LogP contribution in [0.4, 0.5) is 0 Å². The SMILES string of the molecule is CCCCNC(=O)c1cc(C)c(OC)c(C)c1. The van der Waals surface area contributed by atoms with Crippen molar-refractivity contribution in [1.82, 2.24) is 5.32 Å². The summed E-state index contributed by atoms with van der Waals surface area (Å²) in [6.07, 6.45) is 2.10. The molecule has 17 heavy (non-hydrogen) atoms. The van der Waals surface area contributed by atoms with Crippen LogP contribution in [0.15, 0.2) is 12.1 Å². The molecular formula is C14H21NO2. The van der Waals surface area contributed by atoms with E-state index < -0.39 is 0 Å². The van der Waals surface area contributed by atoms with Crippen molar-refractivity contribution in [2.75, 3.05) is 13.7 Å². The zero-order valence-corrected chi connectivity index (χ0v) is 11.1. The molecule has 1 aromatic carbocycles. The number of carbonyl (C=O) groups excluding carboxylic acids is 1. The van der Waals surface area contributed by atoms with Gasteiger partial charge in [-0.2, -0.15) is 0 Å². The number of unbranched alkanes of at least 4 members (excludes halogenated alkanes) is 1. The molecule has 1 N–H and O–H groups in total. The van der Waals surface area contributed by atoms with Crippen LogP contribution >= 0.6 is 0 Å². The largest absolute Gasteiger partial charge is 0.496 e. The normalized spacial score (nSPS) is 10.1. The molecule has 0 saturated carbocycles. The molecule has 3 heteroatoms. The molecular weight excluding hydrogens is 214 g/mol. The summed E-state index contributed by atoms with van der Waals surface area (Å²) < 4.78 is 5.28. The molecule has 1 aromatic rings. The van der Waals surface area contributed by atoms with Crippen LogP contribution in [0.2, 0.25) is 0 Å². The maximum Gasteiger partial charge on any atom is 0.251 e. The molecule has 0 saturated heterocycles. The lowest BCUT2D eigenvalue weighted by Crippen LogP contribution is -2.24. The molecule has 0 unspecified atom stereocenters. The molecule has 0 radical (unpaired) electrons. The highest BCUT2D eigenvalue weighted by atomic mass is 16.5. The van der Waals surface area contributed by atoms with Crippen molar-refractivity contribution in [3.63, 3.8) is 0 Å².